The molecule has 0 aliphatic rings. The molecule has 22 heavy (non-hydrogen) atoms. The summed E-state index contributed by atoms with van der Waals surface area (Å²) in [5.41, 5.74) is 6.81. The van der Waals surface area contributed by atoms with Crippen molar-refractivity contribution >= 4 is 29.2 Å². The topological polar surface area (TPSA) is 101 Å². The summed E-state index contributed by atoms with van der Waals surface area (Å²) >= 11 is 1.41. The average molecular weight is 318 g/mol. The summed E-state index contributed by atoms with van der Waals surface area (Å²) in [4.78, 5) is 30.9. The Morgan fingerprint density at radius 3 is 2.64 bits per heavy atom. The molecule has 116 valence electrons. The Bertz CT molecular complexity index is 725. The number of carbonyl (C=O) groups excluding carboxylic acids is 1. The van der Waals surface area contributed by atoms with E-state index in [1.807, 2.05) is 26.0 Å². The van der Waals surface area contributed by atoms with Crippen LogP contribution in [0.1, 0.15) is 29.3 Å². The van der Waals surface area contributed by atoms with Crippen molar-refractivity contribution in [2.24, 2.45) is 0 Å². The molecule has 0 aliphatic carbocycles. The number of thioether (sulfide) groups is 1. The zero-order valence-corrected chi connectivity index (χ0v) is 13.3. The highest BCUT2D eigenvalue weighted by atomic mass is 32.2. The molecule has 0 radical (unpaired) electrons. The minimum Gasteiger partial charge on any atom is -0.382 e. The van der Waals surface area contributed by atoms with Crippen molar-refractivity contribution in [3.05, 3.63) is 45.7 Å². The van der Waals surface area contributed by atoms with E-state index in [-0.39, 0.29) is 11.5 Å². The van der Waals surface area contributed by atoms with Crippen LogP contribution in [0.5, 0.6) is 0 Å². The second-order valence-electron chi connectivity index (χ2n) is 4.80. The number of hydrogen-bond acceptors (Lipinski definition) is 5. The summed E-state index contributed by atoms with van der Waals surface area (Å²) in [6.07, 6.45) is 0.959. The highest BCUT2D eigenvalue weighted by Crippen LogP contribution is 2.17. The number of carbonyl (C=O) groups is 1. The molecule has 6 nitrogen and oxygen atoms in total. The third-order valence-electron chi connectivity index (χ3n) is 2.92. The second-order valence-corrected chi connectivity index (χ2v) is 5.88. The van der Waals surface area contributed by atoms with Gasteiger partial charge in [-0.2, -0.15) is 0 Å². The molecule has 0 fully saturated rings. The Morgan fingerprint density at radius 1 is 1.36 bits per heavy atom. The van der Waals surface area contributed by atoms with E-state index in [2.05, 4.69) is 15.3 Å². The Hall–Kier alpha value is -2.28. The van der Waals surface area contributed by atoms with Crippen LogP contribution in [0, 0.1) is 6.92 Å². The molecule has 1 amide bonds. The Balaban J connectivity index is 2.20. The van der Waals surface area contributed by atoms with E-state index >= 15 is 0 Å². The number of nitrogen functional groups attached to an aromatic ring is 1. The summed E-state index contributed by atoms with van der Waals surface area (Å²) < 4.78 is 0. The lowest BCUT2D eigenvalue weighted by molar-refractivity contribution is 0.102. The molecular formula is C15H18N4O2S. The van der Waals surface area contributed by atoms with Gasteiger partial charge >= 0.3 is 0 Å². The molecule has 1 aromatic heterocycles. The Kier molecular flexibility index (Phi) is 5.21. The third-order valence-corrected chi connectivity index (χ3v) is 4.00. The summed E-state index contributed by atoms with van der Waals surface area (Å²) in [5.74, 6) is 0.452. The van der Waals surface area contributed by atoms with Gasteiger partial charge in [0.2, 0.25) is 0 Å². The summed E-state index contributed by atoms with van der Waals surface area (Å²) in [7, 11) is 0. The zero-order chi connectivity index (χ0) is 16.1. The number of benzene rings is 1. The number of H-pyrrole nitrogens is 1. The summed E-state index contributed by atoms with van der Waals surface area (Å²) in [5, 5.41) is 2.97. The Labute approximate surface area is 132 Å². The quantitative estimate of drug-likeness (QED) is 0.580. The van der Waals surface area contributed by atoms with Crippen molar-refractivity contribution in [1.82, 2.24) is 9.97 Å². The first-order valence-corrected chi connectivity index (χ1v) is 7.90. The van der Waals surface area contributed by atoms with Crippen molar-refractivity contribution in [2.75, 3.05) is 16.8 Å². The van der Waals surface area contributed by atoms with Gasteiger partial charge in [0.1, 0.15) is 5.69 Å². The fourth-order valence-corrected chi connectivity index (χ4v) is 2.47. The van der Waals surface area contributed by atoms with Crippen LogP contribution in [0.4, 0.5) is 11.5 Å². The van der Waals surface area contributed by atoms with Gasteiger partial charge in [-0.3, -0.25) is 14.6 Å². The molecule has 0 spiro atoms. The number of anilines is 2. The predicted molar refractivity (Wildman–Crippen MR) is 89.4 cm³/mol. The van der Waals surface area contributed by atoms with Gasteiger partial charge in [-0.25, -0.2) is 4.98 Å². The molecule has 1 aromatic carbocycles. The van der Waals surface area contributed by atoms with Crippen molar-refractivity contribution in [2.45, 2.75) is 25.4 Å². The van der Waals surface area contributed by atoms with Crippen LogP contribution in [0.25, 0.3) is 0 Å². The van der Waals surface area contributed by atoms with Crippen LogP contribution in [0.3, 0.4) is 0 Å². The van der Waals surface area contributed by atoms with Gasteiger partial charge in [0, 0.05) is 11.3 Å². The first-order chi connectivity index (χ1) is 10.5. The van der Waals surface area contributed by atoms with Gasteiger partial charge in [0.05, 0.1) is 0 Å². The van der Waals surface area contributed by atoms with E-state index in [1.165, 1.54) is 11.8 Å². The van der Waals surface area contributed by atoms with Crippen molar-refractivity contribution in [3.8, 4) is 0 Å². The number of aromatic nitrogens is 2. The molecule has 7 heteroatoms. The molecule has 0 unspecified atom stereocenters. The lowest BCUT2D eigenvalue weighted by Gasteiger charge is -2.08. The number of nitrogens with one attached hydrogen (secondary N) is 2. The van der Waals surface area contributed by atoms with Gasteiger partial charge < -0.3 is 11.1 Å². The molecular weight excluding hydrogens is 300 g/mol. The first kappa shape index (κ1) is 16.1. The van der Waals surface area contributed by atoms with Gasteiger partial charge in [0.25, 0.3) is 11.5 Å². The largest absolute Gasteiger partial charge is 0.382 e. The van der Waals surface area contributed by atoms with Gasteiger partial charge in [0.15, 0.2) is 11.0 Å². The number of nitrogens with zero attached hydrogens (tertiary/aromatic N) is 1. The maximum atomic E-state index is 12.1. The average Bonchev–Trinajstić information content (AvgIpc) is 2.49. The molecule has 1 heterocycles. The second kappa shape index (κ2) is 7.13. The van der Waals surface area contributed by atoms with Crippen LogP contribution in [0.2, 0.25) is 0 Å². The molecule has 2 rings (SSSR count). The number of hydrogen-bond donors (Lipinski definition) is 3. The standard InChI is InChI=1S/C15H18N4O2S/c1-3-8-22-15-18-12(16)11(14(21)19-15)17-13(20)10-6-4-9(2)5-7-10/h4-7H,3,8H2,1-2H3,(H,17,20)(H3,16,18,19,21). The molecule has 0 saturated heterocycles. The van der Waals surface area contributed by atoms with E-state index in [0.717, 1.165) is 17.7 Å². The molecule has 0 atom stereocenters. The van der Waals surface area contributed by atoms with Gasteiger partial charge in [-0.05, 0) is 25.5 Å². The van der Waals surface area contributed by atoms with Gasteiger partial charge in [-0.1, -0.05) is 36.4 Å². The van der Waals surface area contributed by atoms with Crippen LogP contribution < -0.4 is 16.6 Å². The maximum absolute atomic E-state index is 12.1. The Morgan fingerprint density at radius 2 is 2.05 bits per heavy atom. The van der Waals surface area contributed by atoms with Crippen molar-refractivity contribution in [3.63, 3.8) is 0 Å². The van der Waals surface area contributed by atoms with Crippen molar-refractivity contribution in [1.29, 1.82) is 0 Å². The molecule has 0 saturated carbocycles. The fraction of sp³-hybridized carbons (Fsp3) is 0.267. The molecule has 4 N–H and O–H groups in total. The number of amides is 1. The fourth-order valence-electron chi connectivity index (χ4n) is 1.75. The zero-order valence-electron chi connectivity index (χ0n) is 12.5. The lowest BCUT2D eigenvalue weighted by atomic mass is 10.1. The van der Waals surface area contributed by atoms with Crippen molar-refractivity contribution < 1.29 is 4.79 Å². The maximum Gasteiger partial charge on any atom is 0.277 e. The number of aryl methyl sites for hydroxylation is 1. The first-order valence-electron chi connectivity index (χ1n) is 6.92. The molecule has 0 aliphatic heterocycles. The van der Waals surface area contributed by atoms with E-state index in [1.54, 1.807) is 12.1 Å². The monoisotopic (exact) mass is 318 g/mol. The third kappa shape index (κ3) is 3.88. The summed E-state index contributed by atoms with van der Waals surface area (Å²) in [6, 6.07) is 7.03. The van der Waals surface area contributed by atoms with Crippen LogP contribution >= 0.6 is 11.8 Å². The van der Waals surface area contributed by atoms with Crippen LogP contribution in [-0.2, 0) is 0 Å². The molecule has 0 bridgehead atoms. The van der Waals surface area contributed by atoms with E-state index in [4.69, 9.17) is 5.73 Å². The molecule has 2 aromatic rings. The van der Waals surface area contributed by atoms with Gasteiger partial charge in [-0.15, -0.1) is 0 Å². The number of rotatable bonds is 5. The van der Waals surface area contributed by atoms with E-state index in [9.17, 15) is 9.59 Å². The SMILES string of the molecule is CCCSc1nc(N)c(NC(=O)c2ccc(C)cc2)c(=O)[nH]1. The minimum atomic E-state index is -0.452. The number of nitrogens with two attached hydrogens (primary N) is 1. The summed E-state index contributed by atoms with van der Waals surface area (Å²) in [6.45, 7) is 3.96. The number of aromatic amines is 1. The van der Waals surface area contributed by atoms with E-state index in [0.29, 0.717) is 10.7 Å². The predicted octanol–water partition coefficient (Wildman–Crippen LogP) is 2.41. The highest BCUT2D eigenvalue weighted by Gasteiger charge is 2.13. The van der Waals surface area contributed by atoms with Crippen LogP contribution in [0.15, 0.2) is 34.2 Å². The smallest absolute Gasteiger partial charge is 0.277 e. The van der Waals surface area contributed by atoms with Crippen LogP contribution in [-0.4, -0.2) is 21.6 Å². The minimum absolute atomic E-state index is 0.0165. The lowest BCUT2D eigenvalue weighted by Crippen LogP contribution is -2.23. The highest BCUT2D eigenvalue weighted by molar-refractivity contribution is 7.99. The normalized spacial score (nSPS) is 10.5. The van der Waals surface area contributed by atoms with E-state index < -0.39 is 11.5 Å².